The lowest BCUT2D eigenvalue weighted by molar-refractivity contribution is 0.0509. The Bertz CT molecular complexity index is 865. The van der Waals surface area contributed by atoms with E-state index in [1.165, 1.54) is 11.6 Å². The van der Waals surface area contributed by atoms with E-state index in [0.29, 0.717) is 13.2 Å². The summed E-state index contributed by atoms with van der Waals surface area (Å²) in [5.74, 6) is 0.754. The van der Waals surface area contributed by atoms with Gasteiger partial charge in [0.05, 0.1) is 0 Å². The van der Waals surface area contributed by atoms with Crippen LogP contribution in [-0.4, -0.2) is 68.7 Å². The van der Waals surface area contributed by atoms with Crippen molar-refractivity contribution in [3.8, 4) is 0 Å². The topological polar surface area (TPSA) is 40.1 Å². The molecule has 2 heterocycles. The minimum Gasteiger partial charge on any atom is -0.381 e. The number of nitrogens with zero attached hydrogens (tertiary/aromatic N) is 3. The maximum atomic E-state index is 14.0. The van der Waals surface area contributed by atoms with Gasteiger partial charge in [-0.15, -0.1) is 24.0 Å². The van der Waals surface area contributed by atoms with Gasteiger partial charge in [0, 0.05) is 64.9 Å². The van der Waals surface area contributed by atoms with E-state index in [4.69, 9.17) is 4.74 Å². The van der Waals surface area contributed by atoms with Crippen molar-refractivity contribution in [2.75, 3.05) is 53.0 Å². The molecular formula is C25H34FIN4O. The van der Waals surface area contributed by atoms with Crippen molar-refractivity contribution in [1.29, 1.82) is 0 Å². The van der Waals surface area contributed by atoms with Gasteiger partial charge in [0.25, 0.3) is 0 Å². The molecule has 0 aromatic heterocycles. The number of aliphatic imine (C=N–C) groups is 1. The highest BCUT2D eigenvalue weighted by Gasteiger charge is 2.35. The minimum atomic E-state index is -0.178. The van der Waals surface area contributed by atoms with E-state index in [-0.39, 0.29) is 35.2 Å². The Balaban J connectivity index is 0.00000289. The average Bonchev–Trinajstić information content (AvgIpc) is 2.82. The van der Waals surface area contributed by atoms with Crippen LogP contribution in [0.5, 0.6) is 0 Å². The molecule has 4 rings (SSSR count). The third-order valence-electron chi connectivity index (χ3n) is 6.60. The molecule has 2 aromatic rings. The maximum absolute atomic E-state index is 14.0. The number of nitrogens with one attached hydrogen (secondary N) is 1. The van der Waals surface area contributed by atoms with Gasteiger partial charge < -0.3 is 15.0 Å². The van der Waals surface area contributed by atoms with E-state index in [0.717, 1.165) is 63.6 Å². The first kappa shape index (κ1) is 24.9. The molecule has 0 atom stereocenters. The third kappa shape index (κ3) is 6.20. The highest BCUT2D eigenvalue weighted by atomic mass is 127. The van der Waals surface area contributed by atoms with Crippen LogP contribution in [0, 0.1) is 5.82 Å². The van der Waals surface area contributed by atoms with Crippen molar-refractivity contribution in [1.82, 2.24) is 15.1 Å². The molecule has 2 aliphatic heterocycles. The Labute approximate surface area is 208 Å². The van der Waals surface area contributed by atoms with Crippen molar-refractivity contribution in [2.24, 2.45) is 4.99 Å². The molecule has 0 unspecified atom stereocenters. The summed E-state index contributed by atoms with van der Waals surface area (Å²) in [5, 5.41) is 3.61. The lowest BCUT2D eigenvalue weighted by Gasteiger charge is -2.40. The van der Waals surface area contributed by atoms with Crippen LogP contribution in [0.25, 0.3) is 0 Å². The van der Waals surface area contributed by atoms with E-state index in [2.05, 4.69) is 50.4 Å². The lowest BCUT2D eigenvalue weighted by Crippen LogP contribution is -2.54. The first-order chi connectivity index (χ1) is 15.2. The van der Waals surface area contributed by atoms with Crippen molar-refractivity contribution in [3.63, 3.8) is 0 Å². The van der Waals surface area contributed by atoms with Gasteiger partial charge in [0.1, 0.15) is 5.82 Å². The molecule has 0 spiro atoms. The van der Waals surface area contributed by atoms with Crippen molar-refractivity contribution in [2.45, 2.75) is 24.8 Å². The van der Waals surface area contributed by atoms with Crippen molar-refractivity contribution < 1.29 is 9.13 Å². The molecule has 32 heavy (non-hydrogen) atoms. The van der Waals surface area contributed by atoms with Crippen molar-refractivity contribution in [3.05, 3.63) is 71.5 Å². The molecular weight excluding hydrogens is 518 g/mol. The van der Waals surface area contributed by atoms with E-state index in [1.807, 2.05) is 19.2 Å². The molecule has 0 saturated carbocycles. The molecule has 2 aliphatic rings. The summed E-state index contributed by atoms with van der Waals surface area (Å²) in [6.45, 7) is 7.05. The summed E-state index contributed by atoms with van der Waals surface area (Å²) in [4.78, 5) is 9.38. The first-order valence-corrected chi connectivity index (χ1v) is 11.2. The molecule has 174 valence electrons. The van der Waals surface area contributed by atoms with E-state index in [9.17, 15) is 4.39 Å². The Morgan fingerprint density at radius 2 is 1.75 bits per heavy atom. The Kier molecular flexibility index (Phi) is 9.31. The van der Waals surface area contributed by atoms with Crippen LogP contribution in [0.2, 0.25) is 0 Å². The standard InChI is InChI=1S/C25H33FN4O.HI/c1-27-24(30-14-12-29(13-15-30)19-21-6-3-2-4-7-21)28-20-25(10-16-31-17-11-25)22-8-5-9-23(26)18-22;/h2-9,18H,10-17,19-20H2,1H3,(H,27,28);1H. The molecule has 5 nitrogen and oxygen atoms in total. The number of guanidine groups is 1. The fraction of sp³-hybridized carbons (Fsp3) is 0.480. The Hall–Kier alpha value is -1.71. The number of ether oxygens (including phenoxy) is 1. The molecule has 0 radical (unpaired) electrons. The number of hydrogen-bond acceptors (Lipinski definition) is 3. The number of halogens is 2. The largest absolute Gasteiger partial charge is 0.381 e. The minimum absolute atomic E-state index is 0. The third-order valence-corrected chi connectivity index (χ3v) is 6.60. The van der Waals surface area contributed by atoms with E-state index < -0.39 is 0 Å². The zero-order valence-electron chi connectivity index (χ0n) is 18.8. The van der Waals surface area contributed by atoms with Crippen LogP contribution in [-0.2, 0) is 16.7 Å². The van der Waals surface area contributed by atoms with Gasteiger partial charge in [0.2, 0.25) is 0 Å². The van der Waals surface area contributed by atoms with Gasteiger partial charge >= 0.3 is 0 Å². The summed E-state index contributed by atoms with van der Waals surface area (Å²) in [6, 6.07) is 17.7. The number of hydrogen-bond donors (Lipinski definition) is 1. The molecule has 0 bridgehead atoms. The smallest absolute Gasteiger partial charge is 0.193 e. The van der Waals surface area contributed by atoms with Gasteiger partial charge in [-0.05, 0) is 36.1 Å². The van der Waals surface area contributed by atoms with Crippen LogP contribution in [0.15, 0.2) is 59.6 Å². The second kappa shape index (κ2) is 12.0. The number of benzene rings is 2. The molecule has 2 fully saturated rings. The Morgan fingerprint density at radius 3 is 2.41 bits per heavy atom. The fourth-order valence-electron chi connectivity index (χ4n) is 4.69. The maximum Gasteiger partial charge on any atom is 0.193 e. The average molecular weight is 552 g/mol. The monoisotopic (exact) mass is 552 g/mol. The second-order valence-electron chi connectivity index (χ2n) is 8.55. The van der Waals surface area contributed by atoms with E-state index in [1.54, 1.807) is 6.07 Å². The highest BCUT2D eigenvalue weighted by molar-refractivity contribution is 14.0. The summed E-state index contributed by atoms with van der Waals surface area (Å²) >= 11 is 0. The van der Waals surface area contributed by atoms with Crippen LogP contribution in [0.3, 0.4) is 0 Å². The van der Waals surface area contributed by atoms with Crippen LogP contribution in [0.4, 0.5) is 4.39 Å². The predicted molar refractivity (Wildman–Crippen MR) is 138 cm³/mol. The highest BCUT2D eigenvalue weighted by Crippen LogP contribution is 2.34. The lowest BCUT2D eigenvalue weighted by atomic mass is 9.74. The molecule has 1 N–H and O–H groups in total. The van der Waals surface area contributed by atoms with Gasteiger partial charge in [-0.25, -0.2) is 4.39 Å². The van der Waals surface area contributed by atoms with E-state index >= 15 is 0 Å². The zero-order valence-corrected chi connectivity index (χ0v) is 21.1. The predicted octanol–water partition coefficient (Wildman–Crippen LogP) is 3.89. The fourth-order valence-corrected chi connectivity index (χ4v) is 4.69. The summed E-state index contributed by atoms with van der Waals surface area (Å²) in [6.07, 6.45) is 1.76. The quantitative estimate of drug-likeness (QED) is 0.348. The SMILES string of the molecule is CN=C(NCC1(c2cccc(F)c2)CCOCC1)N1CCN(Cc2ccccc2)CC1.I. The summed E-state index contributed by atoms with van der Waals surface area (Å²) in [7, 11) is 1.84. The summed E-state index contributed by atoms with van der Waals surface area (Å²) in [5.41, 5.74) is 2.27. The van der Waals surface area contributed by atoms with Gasteiger partial charge in [0.15, 0.2) is 5.96 Å². The Morgan fingerprint density at radius 1 is 1.03 bits per heavy atom. The molecule has 0 aliphatic carbocycles. The molecule has 2 aromatic carbocycles. The normalized spacial score (nSPS) is 19.3. The van der Waals surface area contributed by atoms with Crippen molar-refractivity contribution >= 4 is 29.9 Å². The number of piperazine rings is 1. The van der Waals surface area contributed by atoms with Crippen LogP contribution < -0.4 is 5.32 Å². The molecule has 0 amide bonds. The summed E-state index contributed by atoms with van der Waals surface area (Å²) < 4.78 is 19.6. The van der Waals surface area contributed by atoms with Crippen LogP contribution in [0.1, 0.15) is 24.0 Å². The number of rotatable bonds is 5. The molecule has 7 heteroatoms. The second-order valence-corrected chi connectivity index (χ2v) is 8.55. The molecule has 2 saturated heterocycles. The van der Waals surface area contributed by atoms with Gasteiger partial charge in [-0.3, -0.25) is 9.89 Å². The first-order valence-electron chi connectivity index (χ1n) is 11.2. The zero-order chi connectivity index (χ0) is 21.5. The van der Waals surface area contributed by atoms with Crippen LogP contribution >= 0.6 is 24.0 Å². The van der Waals surface area contributed by atoms with Gasteiger partial charge in [-0.1, -0.05) is 42.5 Å². The van der Waals surface area contributed by atoms with Gasteiger partial charge in [-0.2, -0.15) is 0 Å².